The zero-order chi connectivity index (χ0) is 19.9. The van der Waals surface area contributed by atoms with Gasteiger partial charge in [0.05, 0.1) is 0 Å². The second kappa shape index (κ2) is 10.5. The molecule has 11 heteroatoms. The fourth-order valence-electron chi connectivity index (χ4n) is 1.56. The Balaban J connectivity index is 4.75. The maximum atomic E-state index is 13.4. The van der Waals surface area contributed by atoms with Crippen LogP contribution in [-0.4, -0.2) is 68.6 Å². The summed E-state index contributed by atoms with van der Waals surface area (Å²) in [6.45, 7) is 0.865. The van der Waals surface area contributed by atoms with Crippen molar-refractivity contribution in [3.8, 4) is 0 Å². The van der Waals surface area contributed by atoms with Crippen LogP contribution in [0.2, 0.25) is 0 Å². The van der Waals surface area contributed by atoms with E-state index >= 15 is 0 Å². The van der Waals surface area contributed by atoms with Crippen molar-refractivity contribution in [1.29, 1.82) is 0 Å². The molecule has 25 heavy (non-hydrogen) atoms. The Morgan fingerprint density at radius 3 is 1.52 bits per heavy atom. The minimum Gasteiger partial charge on any atom is -0.459 e. The summed E-state index contributed by atoms with van der Waals surface area (Å²) in [6.07, 6.45) is -27.6. The van der Waals surface area contributed by atoms with Gasteiger partial charge in [-0.05, 0) is 6.92 Å². The van der Waals surface area contributed by atoms with Gasteiger partial charge in [0.2, 0.25) is 0 Å². The van der Waals surface area contributed by atoms with Crippen LogP contribution < -0.4 is 0 Å². The predicted molar refractivity (Wildman–Crippen MR) is 70.9 cm³/mol. The molecule has 0 aliphatic carbocycles. The zero-order valence-electron chi connectivity index (χ0n) is 13.0. The van der Waals surface area contributed by atoms with Crippen molar-refractivity contribution in [3.63, 3.8) is 0 Å². The van der Waals surface area contributed by atoms with Crippen LogP contribution in [0.5, 0.6) is 0 Å². The summed E-state index contributed by atoms with van der Waals surface area (Å²) >= 11 is 0. The summed E-state index contributed by atoms with van der Waals surface area (Å²) in [5.41, 5.74) is -0.200. The zero-order valence-corrected chi connectivity index (χ0v) is 13.0. The van der Waals surface area contributed by atoms with Crippen LogP contribution in [0, 0.1) is 0 Å². The molecule has 0 heterocycles. The molecule has 0 amide bonds. The Bertz CT molecular complexity index is 437. The van der Waals surface area contributed by atoms with Crippen LogP contribution in [0.15, 0.2) is 12.2 Å². The van der Waals surface area contributed by atoms with Gasteiger partial charge in [-0.2, -0.15) is 0 Å². The predicted octanol–water partition coefficient (Wildman–Crippen LogP) is 3.78. The average molecular weight is 388 g/mol. The molecule has 148 valence electrons. The third kappa shape index (κ3) is 6.77. The molecule has 0 saturated heterocycles. The first-order chi connectivity index (χ1) is 11.4. The van der Waals surface area contributed by atoms with Gasteiger partial charge in [0, 0.05) is 5.57 Å². The van der Waals surface area contributed by atoms with Crippen LogP contribution >= 0.6 is 0 Å². The van der Waals surface area contributed by atoms with E-state index in [2.05, 4.69) is 11.3 Å². The largest absolute Gasteiger partial charge is 0.459 e. The molecule has 0 aromatic heterocycles. The fourth-order valence-corrected chi connectivity index (χ4v) is 1.56. The maximum absolute atomic E-state index is 13.4. The SMILES string of the molecule is C=C(C)C(=O)OCC(F)C(F)C(F)C(F)C(F)C(F)C(F)C(F)CF. The van der Waals surface area contributed by atoms with Crippen molar-refractivity contribution < 1.29 is 49.0 Å². The van der Waals surface area contributed by atoms with E-state index in [1.165, 1.54) is 0 Å². The third-order valence-corrected chi connectivity index (χ3v) is 3.08. The molecule has 0 saturated carbocycles. The highest BCUT2D eigenvalue weighted by Gasteiger charge is 2.47. The van der Waals surface area contributed by atoms with E-state index in [9.17, 15) is 44.3 Å². The lowest BCUT2D eigenvalue weighted by molar-refractivity contribution is -0.142. The highest BCUT2D eigenvalue weighted by atomic mass is 19.2. The Hall–Kier alpha value is -1.42. The van der Waals surface area contributed by atoms with Gasteiger partial charge in [0.15, 0.2) is 49.4 Å². The van der Waals surface area contributed by atoms with Crippen LogP contribution in [-0.2, 0) is 9.53 Å². The highest BCUT2D eigenvalue weighted by molar-refractivity contribution is 5.86. The topological polar surface area (TPSA) is 26.3 Å². The molecule has 2 nitrogen and oxygen atoms in total. The first-order valence-corrected chi connectivity index (χ1v) is 6.96. The number of carbonyl (C=O) groups is 1. The summed E-state index contributed by atoms with van der Waals surface area (Å²) in [5, 5.41) is 0. The van der Waals surface area contributed by atoms with E-state index in [1.807, 2.05) is 0 Å². The number of halogens is 9. The third-order valence-electron chi connectivity index (χ3n) is 3.08. The molecule has 0 aromatic carbocycles. The van der Waals surface area contributed by atoms with E-state index in [1.54, 1.807) is 0 Å². The lowest BCUT2D eigenvalue weighted by Gasteiger charge is -2.25. The van der Waals surface area contributed by atoms with Gasteiger partial charge < -0.3 is 4.74 Å². The van der Waals surface area contributed by atoms with Gasteiger partial charge in [-0.15, -0.1) is 0 Å². The van der Waals surface area contributed by atoms with Crippen LogP contribution in [0.25, 0.3) is 0 Å². The monoisotopic (exact) mass is 388 g/mol. The first kappa shape index (κ1) is 23.6. The van der Waals surface area contributed by atoms with E-state index in [0.29, 0.717) is 0 Å². The number of alkyl halides is 9. The normalized spacial score (nSPS) is 21.4. The van der Waals surface area contributed by atoms with Gasteiger partial charge in [-0.3, -0.25) is 0 Å². The maximum Gasteiger partial charge on any atom is 0.333 e. The van der Waals surface area contributed by atoms with Gasteiger partial charge in [-0.25, -0.2) is 44.3 Å². The summed E-state index contributed by atoms with van der Waals surface area (Å²) in [6, 6.07) is 0. The summed E-state index contributed by atoms with van der Waals surface area (Å²) in [4.78, 5) is 10.9. The fraction of sp³-hybridized carbons (Fsp3) is 0.786. The Kier molecular flexibility index (Phi) is 9.95. The second-order valence-electron chi connectivity index (χ2n) is 5.23. The van der Waals surface area contributed by atoms with Gasteiger partial charge in [0.1, 0.15) is 13.3 Å². The molecule has 0 fully saturated rings. The van der Waals surface area contributed by atoms with Gasteiger partial charge >= 0.3 is 5.97 Å². The van der Waals surface area contributed by atoms with Crippen LogP contribution in [0.3, 0.4) is 0 Å². The molecule has 8 atom stereocenters. The number of ether oxygens (including phenoxy) is 1. The van der Waals surface area contributed by atoms with Gasteiger partial charge in [-0.1, -0.05) is 6.58 Å². The number of esters is 1. The van der Waals surface area contributed by atoms with E-state index < -0.39 is 68.6 Å². The molecular weight excluding hydrogens is 371 g/mol. The van der Waals surface area contributed by atoms with Gasteiger partial charge in [0.25, 0.3) is 0 Å². The number of rotatable bonds is 11. The van der Waals surface area contributed by atoms with Crippen molar-refractivity contribution in [2.75, 3.05) is 13.3 Å². The first-order valence-electron chi connectivity index (χ1n) is 6.96. The van der Waals surface area contributed by atoms with E-state index in [0.717, 1.165) is 6.92 Å². The van der Waals surface area contributed by atoms with Crippen molar-refractivity contribution in [2.24, 2.45) is 0 Å². The second-order valence-corrected chi connectivity index (χ2v) is 5.23. The average Bonchev–Trinajstić information content (AvgIpc) is 2.60. The van der Waals surface area contributed by atoms with Crippen LogP contribution in [0.4, 0.5) is 39.5 Å². The number of carbonyl (C=O) groups excluding carboxylic acids is 1. The molecule has 0 aromatic rings. The molecule has 0 bridgehead atoms. The van der Waals surface area contributed by atoms with Crippen molar-refractivity contribution >= 4 is 5.97 Å². The Labute approximate surface area is 138 Å². The Morgan fingerprint density at radius 2 is 1.16 bits per heavy atom. The van der Waals surface area contributed by atoms with E-state index in [4.69, 9.17) is 0 Å². The lowest BCUT2D eigenvalue weighted by atomic mass is 9.98. The molecule has 8 unspecified atom stereocenters. The van der Waals surface area contributed by atoms with Crippen molar-refractivity contribution in [2.45, 2.75) is 56.3 Å². The standard InChI is InChI=1S/C14H17F9O2/c1-5(2)14(24)25-4-7(17)9(19)11(21)13(23)12(22)10(20)8(18)6(16)3-15/h6-13H,1,3-4H2,2H3. The summed E-state index contributed by atoms with van der Waals surface area (Å²) in [5.74, 6) is -1.16. The molecule has 0 aliphatic rings. The molecular formula is C14H17F9O2. The molecule has 0 aliphatic heterocycles. The summed E-state index contributed by atoms with van der Waals surface area (Å²) in [7, 11) is 0. The number of hydrogen-bond acceptors (Lipinski definition) is 2. The minimum absolute atomic E-state index is 0.200. The van der Waals surface area contributed by atoms with Crippen molar-refractivity contribution in [3.05, 3.63) is 12.2 Å². The summed E-state index contributed by atoms with van der Waals surface area (Å²) < 4.78 is 122. The molecule has 0 N–H and O–H groups in total. The minimum atomic E-state index is -3.71. The Morgan fingerprint density at radius 1 is 0.800 bits per heavy atom. The number of hydrogen-bond donors (Lipinski definition) is 0. The van der Waals surface area contributed by atoms with Crippen LogP contribution in [0.1, 0.15) is 6.92 Å². The smallest absolute Gasteiger partial charge is 0.333 e. The molecule has 0 spiro atoms. The molecule has 0 radical (unpaired) electrons. The van der Waals surface area contributed by atoms with Crippen molar-refractivity contribution in [1.82, 2.24) is 0 Å². The lowest BCUT2D eigenvalue weighted by Crippen LogP contribution is -2.47. The quantitative estimate of drug-likeness (QED) is 0.306. The molecule has 0 rings (SSSR count). The highest BCUT2D eigenvalue weighted by Crippen LogP contribution is 2.27. The van der Waals surface area contributed by atoms with E-state index in [-0.39, 0.29) is 5.57 Å².